The molecule has 88 valence electrons. The summed E-state index contributed by atoms with van der Waals surface area (Å²) in [7, 11) is 0. The Labute approximate surface area is 103 Å². The summed E-state index contributed by atoms with van der Waals surface area (Å²) in [4.78, 5) is 11.1. The van der Waals surface area contributed by atoms with Crippen molar-refractivity contribution < 1.29 is 14.3 Å². The van der Waals surface area contributed by atoms with Crippen LogP contribution in [0.25, 0.3) is 11.1 Å². The zero-order chi connectivity index (χ0) is 13.1. The first-order chi connectivity index (χ1) is 8.61. The van der Waals surface area contributed by atoms with Crippen molar-refractivity contribution in [2.45, 2.75) is 0 Å². The van der Waals surface area contributed by atoms with Crippen LogP contribution in [0.15, 0.2) is 42.5 Å². The predicted molar refractivity (Wildman–Crippen MR) is 63.5 cm³/mol. The predicted octanol–water partition coefficient (Wildman–Crippen LogP) is 3.06. The summed E-state index contributed by atoms with van der Waals surface area (Å²) in [6, 6.07) is 11.8. The third-order valence-electron chi connectivity index (χ3n) is 2.54. The zero-order valence-corrected chi connectivity index (χ0v) is 9.22. The van der Waals surface area contributed by atoms with E-state index in [2.05, 4.69) is 0 Å². The molecule has 2 aromatic carbocycles. The molecular weight excluding hydrogens is 233 g/mol. The number of carboxylic acid groups (broad SMARTS) is 1. The highest BCUT2D eigenvalue weighted by molar-refractivity contribution is 5.96. The van der Waals surface area contributed by atoms with Gasteiger partial charge in [0, 0.05) is 0 Å². The number of nitrogens with zero attached hydrogens (tertiary/aromatic N) is 1. The van der Waals surface area contributed by atoms with E-state index in [1.807, 2.05) is 6.07 Å². The Balaban J connectivity index is 2.58. The van der Waals surface area contributed by atoms with E-state index in [-0.39, 0.29) is 5.56 Å². The van der Waals surface area contributed by atoms with Crippen LogP contribution in [0.1, 0.15) is 15.9 Å². The second-order valence-corrected chi connectivity index (χ2v) is 3.68. The number of benzene rings is 2. The van der Waals surface area contributed by atoms with Crippen LogP contribution in [0.2, 0.25) is 0 Å². The lowest BCUT2D eigenvalue weighted by Gasteiger charge is -2.06. The average Bonchev–Trinajstić information content (AvgIpc) is 2.38. The van der Waals surface area contributed by atoms with E-state index in [4.69, 9.17) is 10.4 Å². The van der Waals surface area contributed by atoms with Crippen molar-refractivity contribution >= 4 is 5.97 Å². The monoisotopic (exact) mass is 241 g/mol. The van der Waals surface area contributed by atoms with E-state index < -0.39 is 11.8 Å². The summed E-state index contributed by atoms with van der Waals surface area (Å²) < 4.78 is 13.2. The van der Waals surface area contributed by atoms with Gasteiger partial charge in [-0.15, -0.1) is 0 Å². The largest absolute Gasteiger partial charge is 0.478 e. The summed E-state index contributed by atoms with van der Waals surface area (Å²) in [5.41, 5.74) is 1.35. The highest BCUT2D eigenvalue weighted by Gasteiger charge is 2.12. The molecule has 0 saturated carbocycles. The second kappa shape index (κ2) is 4.68. The molecule has 0 saturated heterocycles. The van der Waals surface area contributed by atoms with Gasteiger partial charge in [0.1, 0.15) is 5.82 Å². The normalized spacial score (nSPS) is 9.78. The van der Waals surface area contributed by atoms with Crippen LogP contribution in [-0.4, -0.2) is 11.1 Å². The molecule has 0 amide bonds. The molecule has 0 heterocycles. The standard InChI is InChI=1S/C14H8FNO2/c15-11-5-6-12(14(17)18)13(7-11)10-3-1-9(8-16)2-4-10/h1-7H,(H,17,18). The third-order valence-corrected chi connectivity index (χ3v) is 2.54. The molecule has 4 heteroatoms. The molecule has 0 fully saturated rings. The first-order valence-corrected chi connectivity index (χ1v) is 5.15. The van der Waals surface area contributed by atoms with Gasteiger partial charge in [-0.3, -0.25) is 0 Å². The Morgan fingerprint density at radius 3 is 2.39 bits per heavy atom. The van der Waals surface area contributed by atoms with Crippen molar-refractivity contribution in [2.24, 2.45) is 0 Å². The maximum atomic E-state index is 13.2. The lowest BCUT2D eigenvalue weighted by atomic mass is 9.98. The van der Waals surface area contributed by atoms with Gasteiger partial charge in [-0.1, -0.05) is 12.1 Å². The molecule has 0 aliphatic heterocycles. The fraction of sp³-hybridized carbons (Fsp3) is 0. The minimum Gasteiger partial charge on any atom is -0.478 e. The molecule has 3 nitrogen and oxygen atoms in total. The molecule has 2 aromatic rings. The summed E-state index contributed by atoms with van der Waals surface area (Å²) in [5, 5.41) is 17.7. The van der Waals surface area contributed by atoms with E-state index in [0.717, 1.165) is 6.07 Å². The van der Waals surface area contributed by atoms with Gasteiger partial charge < -0.3 is 5.11 Å². The summed E-state index contributed by atoms with van der Waals surface area (Å²) >= 11 is 0. The minimum absolute atomic E-state index is 0.0288. The smallest absolute Gasteiger partial charge is 0.336 e. The van der Waals surface area contributed by atoms with E-state index in [1.165, 1.54) is 12.1 Å². The number of hydrogen-bond donors (Lipinski definition) is 1. The number of aromatic carboxylic acids is 1. The van der Waals surface area contributed by atoms with Crippen molar-refractivity contribution in [2.75, 3.05) is 0 Å². The van der Waals surface area contributed by atoms with E-state index >= 15 is 0 Å². The summed E-state index contributed by atoms with van der Waals surface area (Å²) in [6.07, 6.45) is 0. The molecule has 0 atom stereocenters. The molecule has 0 aliphatic carbocycles. The van der Waals surface area contributed by atoms with Gasteiger partial charge in [-0.25, -0.2) is 9.18 Å². The Kier molecular flexibility index (Phi) is 3.07. The molecule has 0 bridgehead atoms. The fourth-order valence-electron chi connectivity index (χ4n) is 1.67. The molecule has 0 aliphatic rings. The average molecular weight is 241 g/mol. The Morgan fingerprint density at radius 1 is 1.17 bits per heavy atom. The number of carboxylic acids is 1. The number of hydrogen-bond acceptors (Lipinski definition) is 2. The van der Waals surface area contributed by atoms with Crippen molar-refractivity contribution in [3.05, 3.63) is 59.4 Å². The van der Waals surface area contributed by atoms with Crippen LogP contribution < -0.4 is 0 Å². The maximum absolute atomic E-state index is 13.2. The molecule has 0 unspecified atom stereocenters. The van der Waals surface area contributed by atoms with Gasteiger partial charge in [0.15, 0.2) is 0 Å². The Bertz CT molecular complexity index is 642. The molecule has 1 N–H and O–H groups in total. The van der Waals surface area contributed by atoms with Crippen LogP contribution in [0.4, 0.5) is 4.39 Å². The van der Waals surface area contributed by atoms with Crippen LogP contribution in [0.5, 0.6) is 0 Å². The first kappa shape index (κ1) is 11.8. The number of nitriles is 1. The quantitative estimate of drug-likeness (QED) is 0.878. The molecule has 0 aromatic heterocycles. The Morgan fingerprint density at radius 2 is 1.83 bits per heavy atom. The van der Waals surface area contributed by atoms with Crippen LogP contribution in [0, 0.1) is 17.1 Å². The Hall–Kier alpha value is -2.67. The zero-order valence-electron chi connectivity index (χ0n) is 9.22. The number of rotatable bonds is 2. The SMILES string of the molecule is N#Cc1ccc(-c2cc(F)ccc2C(=O)O)cc1. The topological polar surface area (TPSA) is 61.1 Å². The van der Waals surface area contributed by atoms with Crippen molar-refractivity contribution in [1.29, 1.82) is 5.26 Å². The van der Waals surface area contributed by atoms with Crippen molar-refractivity contribution in [3.63, 3.8) is 0 Å². The van der Waals surface area contributed by atoms with Gasteiger partial charge in [-0.05, 0) is 41.5 Å². The molecule has 0 spiro atoms. The highest BCUT2D eigenvalue weighted by atomic mass is 19.1. The van der Waals surface area contributed by atoms with Gasteiger partial charge in [0.25, 0.3) is 0 Å². The van der Waals surface area contributed by atoms with E-state index in [9.17, 15) is 9.18 Å². The van der Waals surface area contributed by atoms with Gasteiger partial charge >= 0.3 is 5.97 Å². The second-order valence-electron chi connectivity index (χ2n) is 3.68. The van der Waals surface area contributed by atoms with Crippen LogP contribution in [-0.2, 0) is 0 Å². The number of halogens is 1. The fourth-order valence-corrected chi connectivity index (χ4v) is 1.67. The number of carbonyl (C=O) groups is 1. The van der Waals surface area contributed by atoms with Gasteiger partial charge in [0.2, 0.25) is 0 Å². The molecule has 18 heavy (non-hydrogen) atoms. The van der Waals surface area contributed by atoms with Gasteiger partial charge in [-0.2, -0.15) is 5.26 Å². The van der Waals surface area contributed by atoms with Gasteiger partial charge in [0.05, 0.1) is 17.2 Å². The molecule has 2 rings (SSSR count). The molecule has 0 radical (unpaired) electrons. The van der Waals surface area contributed by atoms with Crippen molar-refractivity contribution in [3.8, 4) is 17.2 Å². The first-order valence-electron chi connectivity index (χ1n) is 5.15. The third kappa shape index (κ3) is 2.20. The summed E-state index contributed by atoms with van der Waals surface area (Å²) in [5.74, 6) is -1.62. The highest BCUT2D eigenvalue weighted by Crippen LogP contribution is 2.25. The van der Waals surface area contributed by atoms with E-state index in [1.54, 1.807) is 24.3 Å². The van der Waals surface area contributed by atoms with Crippen LogP contribution >= 0.6 is 0 Å². The molecular formula is C14H8FNO2. The maximum Gasteiger partial charge on any atom is 0.336 e. The van der Waals surface area contributed by atoms with Crippen molar-refractivity contribution in [1.82, 2.24) is 0 Å². The summed E-state index contributed by atoms with van der Waals surface area (Å²) in [6.45, 7) is 0. The van der Waals surface area contributed by atoms with Crippen LogP contribution in [0.3, 0.4) is 0 Å². The lowest BCUT2D eigenvalue weighted by molar-refractivity contribution is 0.0697. The van der Waals surface area contributed by atoms with E-state index in [0.29, 0.717) is 16.7 Å². The minimum atomic E-state index is -1.12. The lowest BCUT2D eigenvalue weighted by Crippen LogP contribution is -2.00.